The van der Waals surface area contributed by atoms with Crippen molar-refractivity contribution in [1.29, 1.82) is 0 Å². The number of hydrogen-bond donors (Lipinski definition) is 1. The third kappa shape index (κ3) is 5.07. The van der Waals surface area contributed by atoms with E-state index in [1.54, 1.807) is 12.3 Å². The molecule has 186 valence electrons. The number of carbonyl (C=O) groups excluding carboxylic acids is 1. The van der Waals surface area contributed by atoms with E-state index in [-0.39, 0.29) is 5.91 Å². The van der Waals surface area contributed by atoms with Gasteiger partial charge in [-0.2, -0.15) is 0 Å². The number of fused-ring (bicyclic) bond motifs is 2. The summed E-state index contributed by atoms with van der Waals surface area (Å²) in [6.07, 6.45) is 3.37. The highest BCUT2D eigenvalue weighted by Gasteiger charge is 2.16. The molecule has 0 spiro atoms. The van der Waals surface area contributed by atoms with Gasteiger partial charge in [0.2, 0.25) is 5.91 Å². The van der Waals surface area contributed by atoms with Crippen molar-refractivity contribution in [2.75, 3.05) is 18.5 Å². The lowest BCUT2D eigenvalue weighted by Crippen LogP contribution is -2.09. The van der Waals surface area contributed by atoms with Gasteiger partial charge in [-0.15, -0.1) is 0 Å². The molecule has 0 fully saturated rings. The fourth-order valence-corrected chi connectivity index (χ4v) is 4.54. The Morgan fingerprint density at radius 1 is 0.892 bits per heavy atom. The highest BCUT2D eigenvalue weighted by molar-refractivity contribution is 6.09. The van der Waals surface area contributed by atoms with Crippen LogP contribution in [0.15, 0.2) is 95.6 Å². The molecule has 37 heavy (non-hydrogen) atoms. The first-order valence-electron chi connectivity index (χ1n) is 12.5. The van der Waals surface area contributed by atoms with E-state index in [1.807, 2.05) is 99.6 Å². The Labute approximate surface area is 216 Å². The topological polar surface area (TPSA) is 60.7 Å². The van der Waals surface area contributed by atoms with Gasteiger partial charge in [-0.25, -0.2) is 0 Å². The zero-order chi connectivity index (χ0) is 25.8. The molecule has 5 aromatic rings. The van der Waals surface area contributed by atoms with Gasteiger partial charge in [0.1, 0.15) is 17.1 Å². The van der Waals surface area contributed by atoms with E-state index in [9.17, 15) is 4.79 Å². The third-order valence-electron chi connectivity index (χ3n) is 6.27. The molecule has 0 radical (unpaired) electrons. The van der Waals surface area contributed by atoms with Gasteiger partial charge in [-0.3, -0.25) is 4.79 Å². The molecule has 0 aliphatic heterocycles. The van der Waals surface area contributed by atoms with Crippen LogP contribution in [-0.4, -0.2) is 19.1 Å². The van der Waals surface area contributed by atoms with Crippen LogP contribution in [0.25, 0.3) is 38.4 Å². The van der Waals surface area contributed by atoms with Crippen LogP contribution in [0, 0.1) is 0 Å². The van der Waals surface area contributed by atoms with Crippen molar-refractivity contribution < 1.29 is 18.7 Å². The number of rotatable bonds is 8. The van der Waals surface area contributed by atoms with E-state index in [1.165, 1.54) is 0 Å². The second-order valence-electron chi connectivity index (χ2n) is 8.73. The molecule has 1 N–H and O–H groups in total. The predicted molar refractivity (Wildman–Crippen MR) is 150 cm³/mol. The maximum absolute atomic E-state index is 13.0. The molecule has 4 aromatic carbocycles. The van der Waals surface area contributed by atoms with Crippen LogP contribution >= 0.6 is 0 Å². The zero-order valence-electron chi connectivity index (χ0n) is 21.2. The molecule has 0 bridgehead atoms. The van der Waals surface area contributed by atoms with E-state index in [2.05, 4.69) is 5.32 Å². The van der Waals surface area contributed by atoms with Crippen LogP contribution < -0.4 is 14.8 Å². The van der Waals surface area contributed by atoms with Crippen molar-refractivity contribution >= 4 is 38.9 Å². The van der Waals surface area contributed by atoms with Crippen LogP contribution in [-0.2, 0) is 4.79 Å². The molecule has 5 rings (SSSR count). The molecule has 0 atom stereocenters. The highest BCUT2D eigenvalue weighted by atomic mass is 16.5. The second-order valence-corrected chi connectivity index (χ2v) is 8.73. The first-order chi connectivity index (χ1) is 18.1. The zero-order valence-corrected chi connectivity index (χ0v) is 21.2. The molecule has 5 heteroatoms. The number of hydrogen-bond acceptors (Lipinski definition) is 4. The van der Waals surface area contributed by atoms with E-state index in [4.69, 9.17) is 13.9 Å². The van der Waals surface area contributed by atoms with E-state index >= 15 is 0 Å². The van der Waals surface area contributed by atoms with Gasteiger partial charge in [0.15, 0.2) is 0 Å². The summed E-state index contributed by atoms with van der Waals surface area (Å²) in [7, 11) is 0. The molecule has 1 heterocycles. The molecule has 0 saturated carbocycles. The number of amides is 1. The van der Waals surface area contributed by atoms with Crippen molar-refractivity contribution in [2.45, 2.75) is 20.8 Å². The van der Waals surface area contributed by atoms with Crippen LogP contribution in [0.2, 0.25) is 0 Å². The molecule has 0 aliphatic carbocycles. The molecular formula is C32H29NO4. The average molecular weight is 492 g/mol. The Bertz CT molecular complexity index is 1590. The molecule has 1 aromatic heterocycles. The minimum atomic E-state index is -0.199. The summed E-state index contributed by atoms with van der Waals surface area (Å²) in [6.45, 7) is 6.95. The van der Waals surface area contributed by atoms with E-state index in [0.29, 0.717) is 19.0 Å². The lowest BCUT2D eigenvalue weighted by Gasteiger charge is -2.12. The standard InChI is InChI=1S/C32H29NO4/c1-4-35-24-15-13-23(14-16-24)28-20-37-31-19-30(36-5-2)26(18-27(28)31)21(3)17-32(34)33-29-12-8-10-22-9-6-7-11-25(22)29/h6-20H,4-5H2,1-3H3,(H,33,34)/b21-17+. The number of nitrogens with one attached hydrogen (secondary N) is 1. The summed E-state index contributed by atoms with van der Waals surface area (Å²) in [5.41, 5.74) is 5.13. The fraction of sp³-hybridized carbons (Fsp3) is 0.156. The first-order valence-corrected chi connectivity index (χ1v) is 12.5. The fourth-order valence-electron chi connectivity index (χ4n) is 4.54. The number of allylic oxidation sites excluding steroid dienone is 1. The molecule has 5 nitrogen and oxygen atoms in total. The van der Waals surface area contributed by atoms with Crippen molar-refractivity contribution in [2.24, 2.45) is 0 Å². The van der Waals surface area contributed by atoms with E-state index in [0.717, 1.165) is 55.4 Å². The Kier molecular flexibility index (Phi) is 6.95. The van der Waals surface area contributed by atoms with Crippen LogP contribution in [0.1, 0.15) is 26.3 Å². The van der Waals surface area contributed by atoms with Crippen LogP contribution in [0.5, 0.6) is 11.5 Å². The largest absolute Gasteiger partial charge is 0.494 e. The van der Waals surface area contributed by atoms with Gasteiger partial charge >= 0.3 is 0 Å². The molecule has 0 saturated heterocycles. The average Bonchev–Trinajstić information content (AvgIpc) is 3.32. The van der Waals surface area contributed by atoms with Gasteiger partial charge in [0.25, 0.3) is 0 Å². The van der Waals surface area contributed by atoms with Crippen LogP contribution in [0.3, 0.4) is 0 Å². The summed E-state index contributed by atoms with van der Waals surface area (Å²) in [4.78, 5) is 13.0. The number of furan rings is 1. The van der Waals surface area contributed by atoms with Gasteiger partial charge in [0.05, 0.1) is 19.5 Å². The minimum absolute atomic E-state index is 0.199. The van der Waals surface area contributed by atoms with E-state index < -0.39 is 0 Å². The first kappa shape index (κ1) is 24.2. The lowest BCUT2D eigenvalue weighted by molar-refractivity contribution is -0.111. The predicted octanol–water partition coefficient (Wildman–Crippen LogP) is 8.09. The summed E-state index contributed by atoms with van der Waals surface area (Å²) in [6, 6.07) is 25.8. The van der Waals surface area contributed by atoms with Crippen molar-refractivity contribution in [3.8, 4) is 22.6 Å². The maximum atomic E-state index is 13.0. The normalized spacial score (nSPS) is 11.6. The van der Waals surface area contributed by atoms with Gasteiger partial charge in [-0.05, 0) is 61.6 Å². The van der Waals surface area contributed by atoms with Gasteiger partial charge in [-0.1, -0.05) is 48.5 Å². The number of anilines is 1. The van der Waals surface area contributed by atoms with Gasteiger partial charge < -0.3 is 19.2 Å². The van der Waals surface area contributed by atoms with Gasteiger partial charge in [0, 0.05) is 39.7 Å². The van der Waals surface area contributed by atoms with Crippen molar-refractivity contribution in [3.05, 3.63) is 96.8 Å². The third-order valence-corrected chi connectivity index (χ3v) is 6.27. The molecule has 1 amide bonds. The second kappa shape index (κ2) is 10.6. The Hall–Kier alpha value is -4.51. The monoisotopic (exact) mass is 491 g/mol. The summed E-state index contributed by atoms with van der Waals surface area (Å²) >= 11 is 0. The maximum Gasteiger partial charge on any atom is 0.248 e. The van der Waals surface area contributed by atoms with Crippen LogP contribution in [0.4, 0.5) is 5.69 Å². The summed E-state index contributed by atoms with van der Waals surface area (Å²) in [5, 5.41) is 6.06. The smallest absolute Gasteiger partial charge is 0.248 e. The Morgan fingerprint density at radius 3 is 2.43 bits per heavy atom. The Morgan fingerprint density at radius 2 is 1.65 bits per heavy atom. The quantitative estimate of drug-likeness (QED) is 0.223. The minimum Gasteiger partial charge on any atom is -0.494 e. The summed E-state index contributed by atoms with van der Waals surface area (Å²) < 4.78 is 17.4. The molecular weight excluding hydrogens is 462 g/mol. The summed E-state index contributed by atoms with van der Waals surface area (Å²) in [5.74, 6) is 1.30. The number of ether oxygens (including phenoxy) is 2. The highest BCUT2D eigenvalue weighted by Crippen LogP contribution is 2.38. The SMILES string of the molecule is CCOc1ccc(-c2coc3cc(OCC)c(/C(C)=C/C(=O)Nc4cccc5ccccc45)cc23)cc1. The molecule has 0 aliphatic rings. The van der Waals surface area contributed by atoms with Crippen molar-refractivity contribution in [1.82, 2.24) is 0 Å². The molecule has 0 unspecified atom stereocenters. The number of carbonyl (C=O) groups is 1. The lowest BCUT2D eigenvalue weighted by atomic mass is 9.99. The number of benzene rings is 4. The Balaban J connectivity index is 1.49. The van der Waals surface area contributed by atoms with Crippen molar-refractivity contribution in [3.63, 3.8) is 0 Å².